The Morgan fingerprint density at radius 2 is 1.82 bits per heavy atom. The Kier molecular flexibility index (Phi) is 6.15. The Balaban J connectivity index is 1.54. The minimum Gasteiger partial charge on any atom is -0.494 e. The van der Waals surface area contributed by atoms with Crippen molar-refractivity contribution in [2.45, 2.75) is 19.0 Å². The molecule has 166 valence electrons. The van der Waals surface area contributed by atoms with E-state index in [1.165, 1.54) is 0 Å². The monoisotopic (exact) mass is 519 g/mol. The van der Waals surface area contributed by atoms with E-state index < -0.39 is 0 Å². The average Bonchev–Trinajstić information content (AvgIpc) is 3.46. The predicted octanol–water partition coefficient (Wildman–Crippen LogP) is 6.68. The summed E-state index contributed by atoms with van der Waals surface area (Å²) < 4.78 is 13.0. The number of furan rings is 1. The molecule has 2 aromatic carbocycles. The van der Waals surface area contributed by atoms with Crippen molar-refractivity contribution in [2.24, 2.45) is 0 Å². The number of ether oxygens (including phenoxy) is 1. The first-order valence-electron chi connectivity index (χ1n) is 10.7. The molecular weight excluding hydrogens is 498 g/mol. The maximum absolute atomic E-state index is 6.41. The lowest BCUT2D eigenvalue weighted by Crippen LogP contribution is -2.29. The molecule has 0 unspecified atom stereocenters. The second-order valence-corrected chi connectivity index (χ2v) is 8.93. The van der Waals surface area contributed by atoms with Crippen molar-refractivity contribution in [3.8, 4) is 17.1 Å². The number of anilines is 1. The van der Waals surface area contributed by atoms with Crippen LogP contribution in [0.25, 0.3) is 11.3 Å². The molecule has 0 saturated carbocycles. The lowest BCUT2D eigenvalue weighted by molar-refractivity contribution is 0.340. The van der Waals surface area contributed by atoms with Crippen LogP contribution in [0.15, 0.2) is 93.9 Å². The average molecular weight is 520 g/mol. The number of thiocarbonyl (C=S) groups is 1. The summed E-state index contributed by atoms with van der Waals surface area (Å²) in [6.45, 7) is 2.61. The molecule has 1 saturated heterocycles. The molecule has 2 atom stereocenters. The quantitative estimate of drug-likeness (QED) is 0.286. The maximum Gasteiger partial charge on any atom is 0.174 e. The Labute approximate surface area is 206 Å². The van der Waals surface area contributed by atoms with Crippen LogP contribution in [-0.2, 0) is 0 Å². The van der Waals surface area contributed by atoms with Gasteiger partial charge in [-0.25, -0.2) is 0 Å². The zero-order valence-electron chi connectivity index (χ0n) is 17.9. The van der Waals surface area contributed by atoms with Gasteiger partial charge in [-0.15, -0.1) is 0 Å². The molecule has 5 rings (SSSR count). The van der Waals surface area contributed by atoms with E-state index in [0.29, 0.717) is 11.7 Å². The van der Waals surface area contributed by atoms with Gasteiger partial charge in [0, 0.05) is 21.9 Å². The van der Waals surface area contributed by atoms with E-state index in [-0.39, 0.29) is 12.1 Å². The highest BCUT2D eigenvalue weighted by molar-refractivity contribution is 9.10. The molecule has 1 aliphatic heterocycles. The Hall–Kier alpha value is -3.16. The number of benzene rings is 2. The van der Waals surface area contributed by atoms with Gasteiger partial charge in [0.05, 0.1) is 18.3 Å². The van der Waals surface area contributed by atoms with E-state index >= 15 is 0 Å². The van der Waals surface area contributed by atoms with Crippen LogP contribution >= 0.6 is 28.1 Å². The van der Waals surface area contributed by atoms with Crippen LogP contribution in [-0.4, -0.2) is 16.7 Å². The third-order valence-electron chi connectivity index (χ3n) is 5.57. The van der Waals surface area contributed by atoms with Gasteiger partial charge in [-0.1, -0.05) is 22.0 Å². The van der Waals surface area contributed by atoms with E-state index in [0.717, 1.165) is 38.7 Å². The number of rotatable bonds is 6. The molecule has 1 N–H and O–H groups in total. The van der Waals surface area contributed by atoms with Crippen molar-refractivity contribution in [1.29, 1.82) is 0 Å². The first-order valence-corrected chi connectivity index (χ1v) is 11.9. The molecule has 0 spiro atoms. The SMILES string of the molecule is CCOc1ccc(-c2ccc([C@@H]3[C@@H](c4ccccn4)NC(=S)N3c3ccc(Br)cc3)o2)cc1. The van der Waals surface area contributed by atoms with E-state index in [4.69, 9.17) is 21.4 Å². The number of hydrogen-bond donors (Lipinski definition) is 1. The highest BCUT2D eigenvalue weighted by atomic mass is 79.9. The summed E-state index contributed by atoms with van der Waals surface area (Å²) in [6.07, 6.45) is 1.80. The molecule has 0 amide bonds. The van der Waals surface area contributed by atoms with Crippen molar-refractivity contribution in [3.05, 3.63) is 101 Å². The van der Waals surface area contributed by atoms with Crippen LogP contribution in [0, 0.1) is 0 Å². The fourth-order valence-corrected chi connectivity index (χ4v) is 4.68. The van der Waals surface area contributed by atoms with Crippen LogP contribution in [0.4, 0.5) is 5.69 Å². The van der Waals surface area contributed by atoms with E-state index in [1.807, 2.05) is 85.8 Å². The molecule has 3 heterocycles. The maximum atomic E-state index is 6.41. The van der Waals surface area contributed by atoms with Crippen LogP contribution in [0.3, 0.4) is 0 Å². The van der Waals surface area contributed by atoms with Crippen molar-refractivity contribution < 1.29 is 9.15 Å². The number of hydrogen-bond acceptors (Lipinski definition) is 4. The minimum absolute atomic E-state index is 0.151. The van der Waals surface area contributed by atoms with Gasteiger partial charge in [0.2, 0.25) is 0 Å². The zero-order chi connectivity index (χ0) is 22.8. The highest BCUT2D eigenvalue weighted by Gasteiger charge is 2.42. The van der Waals surface area contributed by atoms with Gasteiger partial charge < -0.3 is 19.4 Å². The lowest BCUT2D eigenvalue weighted by atomic mass is 10.0. The largest absolute Gasteiger partial charge is 0.494 e. The van der Waals surface area contributed by atoms with Gasteiger partial charge in [-0.2, -0.15) is 0 Å². The van der Waals surface area contributed by atoms with Gasteiger partial charge in [0.25, 0.3) is 0 Å². The first-order chi connectivity index (χ1) is 16.1. The standard InChI is InChI=1S/C26H22BrN3O2S/c1-2-31-20-12-6-17(7-13-20)22-14-15-23(32-22)25-24(21-5-3-4-16-28-21)29-26(33)30(25)19-10-8-18(27)9-11-19/h3-16,24-25H,2H2,1H3,(H,29,33)/t24-,25-/m1/s1. The Bertz CT molecular complexity index is 1240. The molecule has 4 aromatic rings. The summed E-state index contributed by atoms with van der Waals surface area (Å²) in [5.74, 6) is 2.45. The molecule has 1 fully saturated rings. The molecular formula is C26H22BrN3O2S. The third-order valence-corrected chi connectivity index (χ3v) is 6.41. The van der Waals surface area contributed by atoms with Crippen LogP contribution in [0.1, 0.15) is 30.5 Å². The molecule has 0 bridgehead atoms. The molecule has 2 aromatic heterocycles. The topological polar surface area (TPSA) is 50.5 Å². The van der Waals surface area contributed by atoms with Crippen molar-refractivity contribution >= 4 is 38.9 Å². The predicted molar refractivity (Wildman–Crippen MR) is 137 cm³/mol. The Morgan fingerprint density at radius 1 is 1.03 bits per heavy atom. The molecule has 33 heavy (non-hydrogen) atoms. The summed E-state index contributed by atoms with van der Waals surface area (Å²) >= 11 is 9.29. The van der Waals surface area contributed by atoms with Crippen molar-refractivity contribution in [2.75, 3.05) is 11.5 Å². The van der Waals surface area contributed by atoms with Crippen molar-refractivity contribution in [3.63, 3.8) is 0 Å². The molecule has 1 aliphatic rings. The number of pyridine rings is 1. The molecule has 5 nitrogen and oxygen atoms in total. The molecule has 0 radical (unpaired) electrons. The first kappa shape index (κ1) is 21.7. The number of nitrogens with one attached hydrogen (secondary N) is 1. The zero-order valence-corrected chi connectivity index (χ0v) is 20.3. The fraction of sp³-hybridized carbons (Fsp3) is 0.154. The van der Waals surface area contributed by atoms with Gasteiger partial charge in [-0.05, 0) is 91.9 Å². The molecule has 0 aliphatic carbocycles. The summed E-state index contributed by atoms with van der Waals surface area (Å²) in [5, 5.41) is 4.10. The summed E-state index contributed by atoms with van der Waals surface area (Å²) in [6, 6.07) is 25.6. The molecule has 7 heteroatoms. The second-order valence-electron chi connectivity index (χ2n) is 7.63. The summed E-state index contributed by atoms with van der Waals surface area (Å²) in [4.78, 5) is 6.69. The summed E-state index contributed by atoms with van der Waals surface area (Å²) in [5.41, 5.74) is 2.88. The van der Waals surface area contributed by atoms with Crippen LogP contribution in [0.2, 0.25) is 0 Å². The normalized spacial score (nSPS) is 17.8. The van der Waals surface area contributed by atoms with Gasteiger partial charge in [-0.3, -0.25) is 4.98 Å². The van der Waals surface area contributed by atoms with Gasteiger partial charge >= 0.3 is 0 Å². The number of nitrogens with zero attached hydrogens (tertiary/aromatic N) is 2. The minimum atomic E-state index is -0.190. The van der Waals surface area contributed by atoms with Gasteiger partial charge in [0.15, 0.2) is 5.11 Å². The van der Waals surface area contributed by atoms with E-state index in [1.54, 1.807) is 6.20 Å². The number of halogens is 1. The second kappa shape index (κ2) is 9.37. The van der Waals surface area contributed by atoms with E-state index in [9.17, 15) is 0 Å². The third kappa shape index (κ3) is 4.38. The Morgan fingerprint density at radius 3 is 2.52 bits per heavy atom. The van der Waals surface area contributed by atoms with Crippen LogP contribution < -0.4 is 15.0 Å². The smallest absolute Gasteiger partial charge is 0.174 e. The van der Waals surface area contributed by atoms with Gasteiger partial charge in [0.1, 0.15) is 23.3 Å². The van der Waals surface area contributed by atoms with E-state index in [2.05, 4.69) is 31.1 Å². The lowest BCUT2D eigenvalue weighted by Gasteiger charge is -2.26. The van der Waals surface area contributed by atoms with Crippen LogP contribution in [0.5, 0.6) is 5.75 Å². The summed E-state index contributed by atoms with van der Waals surface area (Å²) in [7, 11) is 0. The fourth-order valence-electron chi connectivity index (χ4n) is 4.07. The number of aromatic nitrogens is 1. The highest BCUT2D eigenvalue weighted by Crippen LogP contribution is 2.43. The van der Waals surface area contributed by atoms with Crippen molar-refractivity contribution in [1.82, 2.24) is 10.3 Å².